The van der Waals surface area contributed by atoms with Gasteiger partial charge in [0.15, 0.2) is 0 Å². The highest BCUT2D eigenvalue weighted by molar-refractivity contribution is 6.32. The Morgan fingerprint density at radius 3 is 2.94 bits per heavy atom. The number of hydrogen-bond acceptors (Lipinski definition) is 3. The number of allylic oxidation sites excluding steroid dienone is 4. The second kappa shape index (κ2) is 11.1. The summed E-state index contributed by atoms with van der Waals surface area (Å²) < 4.78 is 13.3. The molecule has 0 amide bonds. The smallest absolute Gasteiger partial charge is 0.126 e. The highest BCUT2D eigenvalue weighted by Gasteiger charge is 2.19. The Kier molecular flexibility index (Phi) is 8.30. The number of rotatable bonds is 8. The largest absolute Gasteiger partial charge is 0.381 e. The third-order valence-electron chi connectivity index (χ3n) is 5.62. The zero-order valence-corrected chi connectivity index (χ0v) is 19.1. The fourth-order valence-corrected chi connectivity index (χ4v) is 4.17. The maximum atomic E-state index is 13.3. The van der Waals surface area contributed by atoms with Gasteiger partial charge in [-0.3, -0.25) is 0 Å². The summed E-state index contributed by atoms with van der Waals surface area (Å²) in [5.74, 6) is 1.39. The minimum atomic E-state index is -0.236. The fourth-order valence-electron chi connectivity index (χ4n) is 3.91. The molecule has 1 saturated carbocycles. The van der Waals surface area contributed by atoms with Gasteiger partial charge in [0.1, 0.15) is 11.6 Å². The van der Waals surface area contributed by atoms with E-state index in [2.05, 4.69) is 29.1 Å². The molecule has 0 spiro atoms. The summed E-state index contributed by atoms with van der Waals surface area (Å²) in [6.45, 7) is 8.86. The number of anilines is 1. The van der Waals surface area contributed by atoms with Crippen LogP contribution in [0.2, 0.25) is 5.02 Å². The van der Waals surface area contributed by atoms with E-state index in [1.165, 1.54) is 37.8 Å². The Labute approximate surface area is 190 Å². The molecule has 2 atom stereocenters. The Hall–Kier alpha value is -2.59. The van der Waals surface area contributed by atoms with E-state index in [1.54, 1.807) is 12.3 Å². The van der Waals surface area contributed by atoms with Crippen LogP contribution in [0.1, 0.15) is 50.7 Å². The second-order valence-corrected chi connectivity index (χ2v) is 8.79. The quantitative estimate of drug-likeness (QED) is 0.429. The van der Waals surface area contributed by atoms with Crippen molar-refractivity contribution in [2.45, 2.75) is 52.1 Å². The standard InChI is InChI=1S/C26H31ClFN3/c1-18-7-4-12-23(13-18)31-26-15-24(25(27)17-30-26)19(2)8-5-9-20(3)29-16-21-10-6-11-22(28)14-21/h5-6,8-11,14-15,17-18,23,29H,3-4,7,12-13,16H2,1-2H3,(H,30,31)/b9-5-,19-8+/t18-,23+/m1/s1. The SMILES string of the molecule is C=C(/C=C\C=C(/C)c1cc(N[C@H]2CCC[C@@H](C)C2)ncc1Cl)NCc1cccc(F)c1. The van der Waals surface area contributed by atoms with E-state index < -0.39 is 0 Å². The van der Waals surface area contributed by atoms with Crippen LogP contribution < -0.4 is 10.6 Å². The average Bonchev–Trinajstić information content (AvgIpc) is 2.73. The Morgan fingerprint density at radius 2 is 2.16 bits per heavy atom. The summed E-state index contributed by atoms with van der Waals surface area (Å²) in [6, 6.07) is 9.03. The first-order chi connectivity index (χ1) is 14.9. The fraction of sp³-hybridized carbons (Fsp3) is 0.346. The monoisotopic (exact) mass is 439 g/mol. The van der Waals surface area contributed by atoms with E-state index in [0.29, 0.717) is 17.6 Å². The van der Waals surface area contributed by atoms with Crippen LogP contribution >= 0.6 is 11.6 Å². The van der Waals surface area contributed by atoms with Crippen molar-refractivity contribution in [1.82, 2.24) is 10.3 Å². The molecule has 0 unspecified atom stereocenters. The second-order valence-electron chi connectivity index (χ2n) is 8.38. The van der Waals surface area contributed by atoms with Crippen LogP contribution in [0.4, 0.5) is 10.2 Å². The molecule has 164 valence electrons. The zero-order chi connectivity index (χ0) is 22.2. The topological polar surface area (TPSA) is 37.0 Å². The molecule has 0 aliphatic heterocycles. The summed E-state index contributed by atoms with van der Waals surface area (Å²) in [5.41, 5.74) is 3.63. The van der Waals surface area contributed by atoms with Gasteiger partial charge >= 0.3 is 0 Å². The summed E-state index contributed by atoms with van der Waals surface area (Å²) in [4.78, 5) is 4.47. The third-order valence-corrected chi connectivity index (χ3v) is 5.92. The summed E-state index contributed by atoms with van der Waals surface area (Å²) in [5, 5.41) is 7.40. The average molecular weight is 440 g/mol. The van der Waals surface area contributed by atoms with Crippen LogP contribution in [-0.4, -0.2) is 11.0 Å². The lowest BCUT2D eigenvalue weighted by molar-refractivity contribution is 0.358. The molecular weight excluding hydrogens is 409 g/mol. The van der Waals surface area contributed by atoms with Crippen LogP contribution in [0.5, 0.6) is 0 Å². The molecule has 1 heterocycles. The molecule has 1 aromatic carbocycles. The molecule has 0 bridgehead atoms. The molecule has 3 nitrogen and oxygen atoms in total. The molecule has 5 heteroatoms. The van der Waals surface area contributed by atoms with Crippen molar-refractivity contribution < 1.29 is 4.39 Å². The predicted molar refractivity (Wildman–Crippen MR) is 129 cm³/mol. The molecule has 1 aliphatic rings. The number of benzene rings is 1. The van der Waals surface area contributed by atoms with Crippen LogP contribution in [0.15, 0.2) is 67.0 Å². The first kappa shape index (κ1) is 23.1. The van der Waals surface area contributed by atoms with Gasteiger partial charge in [-0.15, -0.1) is 0 Å². The molecule has 31 heavy (non-hydrogen) atoms. The van der Waals surface area contributed by atoms with Gasteiger partial charge < -0.3 is 10.6 Å². The van der Waals surface area contributed by atoms with Gasteiger partial charge in [-0.05, 0) is 61.1 Å². The van der Waals surface area contributed by atoms with Crippen LogP contribution in [0, 0.1) is 11.7 Å². The number of aromatic nitrogens is 1. The first-order valence-corrected chi connectivity index (χ1v) is 11.2. The van der Waals surface area contributed by atoms with E-state index in [0.717, 1.165) is 34.1 Å². The summed E-state index contributed by atoms with van der Waals surface area (Å²) in [6.07, 6.45) is 12.5. The first-order valence-electron chi connectivity index (χ1n) is 10.9. The minimum Gasteiger partial charge on any atom is -0.381 e. The summed E-state index contributed by atoms with van der Waals surface area (Å²) >= 11 is 6.41. The van der Waals surface area contributed by atoms with Gasteiger partial charge in [-0.2, -0.15) is 0 Å². The lowest BCUT2D eigenvalue weighted by Gasteiger charge is -2.28. The van der Waals surface area contributed by atoms with Crippen molar-refractivity contribution in [1.29, 1.82) is 0 Å². The summed E-state index contributed by atoms with van der Waals surface area (Å²) in [7, 11) is 0. The van der Waals surface area contributed by atoms with Crippen molar-refractivity contribution in [3.05, 3.63) is 89.0 Å². The number of nitrogens with one attached hydrogen (secondary N) is 2. The number of pyridine rings is 1. The number of hydrogen-bond donors (Lipinski definition) is 2. The lowest BCUT2D eigenvalue weighted by atomic mass is 9.87. The van der Waals surface area contributed by atoms with E-state index in [9.17, 15) is 4.39 Å². The number of nitrogens with zero attached hydrogens (tertiary/aromatic N) is 1. The normalized spacial score (nSPS) is 19.4. The van der Waals surface area contributed by atoms with Gasteiger partial charge in [0, 0.05) is 30.0 Å². The highest BCUT2D eigenvalue weighted by Crippen LogP contribution is 2.29. The maximum absolute atomic E-state index is 13.3. The van der Waals surface area contributed by atoms with Crippen molar-refractivity contribution >= 4 is 23.0 Å². The van der Waals surface area contributed by atoms with Crippen LogP contribution in [0.25, 0.3) is 5.57 Å². The Bertz CT molecular complexity index is 967. The van der Waals surface area contributed by atoms with Crippen molar-refractivity contribution in [3.63, 3.8) is 0 Å². The van der Waals surface area contributed by atoms with E-state index in [4.69, 9.17) is 11.6 Å². The van der Waals surface area contributed by atoms with Crippen molar-refractivity contribution in [2.24, 2.45) is 5.92 Å². The predicted octanol–water partition coefficient (Wildman–Crippen LogP) is 7.13. The molecule has 2 aromatic rings. The highest BCUT2D eigenvalue weighted by atomic mass is 35.5. The molecule has 1 fully saturated rings. The van der Waals surface area contributed by atoms with Crippen molar-refractivity contribution in [3.8, 4) is 0 Å². The van der Waals surface area contributed by atoms with E-state index in [-0.39, 0.29) is 5.82 Å². The number of halogens is 2. The molecule has 1 aliphatic carbocycles. The van der Waals surface area contributed by atoms with E-state index in [1.807, 2.05) is 37.3 Å². The molecule has 0 radical (unpaired) electrons. The molecule has 1 aromatic heterocycles. The van der Waals surface area contributed by atoms with Gasteiger partial charge in [0.2, 0.25) is 0 Å². The van der Waals surface area contributed by atoms with Gasteiger partial charge in [-0.1, -0.05) is 62.2 Å². The van der Waals surface area contributed by atoms with Gasteiger partial charge in [0.25, 0.3) is 0 Å². The third kappa shape index (κ3) is 7.25. The zero-order valence-electron chi connectivity index (χ0n) is 18.3. The van der Waals surface area contributed by atoms with Gasteiger partial charge in [-0.25, -0.2) is 9.37 Å². The minimum absolute atomic E-state index is 0.236. The molecule has 3 rings (SSSR count). The molecule has 0 saturated heterocycles. The van der Waals surface area contributed by atoms with Crippen LogP contribution in [0.3, 0.4) is 0 Å². The lowest BCUT2D eigenvalue weighted by Crippen LogP contribution is -2.26. The van der Waals surface area contributed by atoms with Gasteiger partial charge in [0.05, 0.1) is 5.02 Å². The van der Waals surface area contributed by atoms with Crippen molar-refractivity contribution in [2.75, 3.05) is 5.32 Å². The van der Waals surface area contributed by atoms with Crippen LogP contribution in [-0.2, 0) is 6.54 Å². The molecular formula is C26H31ClFN3. The maximum Gasteiger partial charge on any atom is 0.126 e. The van der Waals surface area contributed by atoms with E-state index >= 15 is 0 Å². The Balaban J connectivity index is 1.58. The molecule has 2 N–H and O–H groups in total. The Morgan fingerprint density at radius 1 is 1.32 bits per heavy atom.